The Kier molecular flexibility index (Phi) is 3.99. The summed E-state index contributed by atoms with van der Waals surface area (Å²) in [5.41, 5.74) is 1.44. The summed E-state index contributed by atoms with van der Waals surface area (Å²) in [5, 5.41) is 11.3. The van der Waals surface area contributed by atoms with Gasteiger partial charge in [-0.25, -0.2) is 0 Å². The minimum Gasteiger partial charge on any atom is -0.451 e. The van der Waals surface area contributed by atoms with Crippen molar-refractivity contribution in [3.8, 4) is 11.5 Å². The van der Waals surface area contributed by atoms with Gasteiger partial charge < -0.3 is 8.83 Å². The van der Waals surface area contributed by atoms with Crippen molar-refractivity contribution >= 4 is 34.7 Å². The molecule has 0 aliphatic carbocycles. The molecule has 2 aromatic heterocycles. The molecule has 0 spiro atoms. The number of rotatable bonds is 4. The van der Waals surface area contributed by atoms with Crippen LogP contribution in [0.3, 0.4) is 0 Å². The first-order valence-electron chi connectivity index (χ1n) is 7.51. The first-order valence-corrected chi connectivity index (χ1v) is 8.73. The second-order valence-electron chi connectivity index (χ2n) is 5.25. The zero-order valence-corrected chi connectivity index (χ0v) is 14.0. The van der Waals surface area contributed by atoms with Crippen molar-refractivity contribution in [2.24, 2.45) is 0 Å². The molecule has 6 nitrogen and oxygen atoms in total. The summed E-state index contributed by atoms with van der Waals surface area (Å²) < 4.78 is 11.0. The van der Waals surface area contributed by atoms with Crippen molar-refractivity contribution in [2.45, 2.75) is 4.90 Å². The van der Waals surface area contributed by atoms with Gasteiger partial charge in [0, 0.05) is 15.8 Å². The molecule has 0 aliphatic heterocycles. The fourth-order valence-electron chi connectivity index (χ4n) is 2.40. The van der Waals surface area contributed by atoms with Crippen molar-refractivity contribution in [1.29, 1.82) is 0 Å². The third kappa shape index (κ3) is 3.14. The van der Waals surface area contributed by atoms with Crippen molar-refractivity contribution < 1.29 is 13.6 Å². The van der Waals surface area contributed by atoms with Crippen LogP contribution >= 0.6 is 11.8 Å². The molecule has 1 N–H and O–H groups in total. The average Bonchev–Trinajstić information content (AvgIpc) is 3.28. The van der Waals surface area contributed by atoms with Gasteiger partial charge in [0.15, 0.2) is 5.76 Å². The maximum absolute atomic E-state index is 12.3. The van der Waals surface area contributed by atoms with Gasteiger partial charge in [0.05, 0.1) is 0 Å². The van der Waals surface area contributed by atoms with Gasteiger partial charge in [-0.2, -0.15) is 0 Å². The van der Waals surface area contributed by atoms with E-state index >= 15 is 0 Å². The summed E-state index contributed by atoms with van der Waals surface area (Å²) in [6, 6.07) is 16.8. The number of carbonyl (C=O) groups excluding carboxylic acids is 1. The van der Waals surface area contributed by atoms with Crippen molar-refractivity contribution in [3.63, 3.8) is 0 Å². The van der Waals surface area contributed by atoms with E-state index < -0.39 is 5.91 Å². The largest absolute Gasteiger partial charge is 0.451 e. The number of anilines is 1. The Balaban J connectivity index is 1.55. The Morgan fingerprint density at radius 1 is 1.04 bits per heavy atom. The molecule has 0 aliphatic rings. The standard InChI is InChI=1S/C18H13N3O3S/c1-25-13-7-4-6-12(9-13)17-20-21-18(24-17)19-16(22)15-10-11-5-2-3-8-14(11)23-15/h2-10H,1H3,(H,19,21,22). The lowest BCUT2D eigenvalue weighted by molar-refractivity contribution is 0.0996. The number of hydrogen-bond donors (Lipinski definition) is 1. The minimum atomic E-state index is -0.440. The molecule has 1 amide bonds. The number of hydrogen-bond acceptors (Lipinski definition) is 6. The van der Waals surface area contributed by atoms with Gasteiger partial charge in [-0.3, -0.25) is 10.1 Å². The van der Waals surface area contributed by atoms with E-state index in [2.05, 4.69) is 15.5 Å². The van der Waals surface area contributed by atoms with Crippen LogP contribution < -0.4 is 5.32 Å². The molecule has 0 radical (unpaired) electrons. The zero-order valence-electron chi connectivity index (χ0n) is 13.2. The maximum atomic E-state index is 12.3. The van der Waals surface area contributed by atoms with Gasteiger partial charge in [-0.15, -0.1) is 16.9 Å². The van der Waals surface area contributed by atoms with E-state index in [9.17, 15) is 4.79 Å². The van der Waals surface area contributed by atoms with E-state index in [0.29, 0.717) is 11.5 Å². The molecule has 0 atom stereocenters. The number of benzene rings is 2. The summed E-state index contributed by atoms with van der Waals surface area (Å²) in [7, 11) is 0. The molecule has 0 saturated heterocycles. The van der Waals surface area contributed by atoms with Crippen LogP contribution in [0.4, 0.5) is 6.01 Å². The van der Waals surface area contributed by atoms with Gasteiger partial charge in [-0.05, 0) is 36.6 Å². The molecule has 25 heavy (non-hydrogen) atoms. The molecule has 124 valence electrons. The van der Waals surface area contributed by atoms with Crippen molar-refractivity contribution in [3.05, 3.63) is 60.4 Å². The molecule has 0 fully saturated rings. The van der Waals surface area contributed by atoms with Crippen LogP contribution in [0.1, 0.15) is 10.6 Å². The quantitative estimate of drug-likeness (QED) is 0.547. The number of amides is 1. The fourth-order valence-corrected chi connectivity index (χ4v) is 2.86. The number of nitrogens with one attached hydrogen (secondary N) is 1. The lowest BCUT2D eigenvalue weighted by atomic mass is 10.2. The van der Waals surface area contributed by atoms with Crippen molar-refractivity contribution in [1.82, 2.24) is 10.2 Å². The Morgan fingerprint density at radius 3 is 2.76 bits per heavy atom. The van der Waals surface area contributed by atoms with Gasteiger partial charge in [-0.1, -0.05) is 29.4 Å². The summed E-state index contributed by atoms with van der Waals surface area (Å²) in [5.74, 6) is 0.0883. The predicted octanol–water partition coefficient (Wildman–Crippen LogP) is 4.46. The summed E-state index contributed by atoms with van der Waals surface area (Å²) in [4.78, 5) is 13.4. The first-order chi connectivity index (χ1) is 12.2. The lowest BCUT2D eigenvalue weighted by Crippen LogP contribution is -2.10. The molecule has 0 saturated carbocycles. The number of aromatic nitrogens is 2. The predicted molar refractivity (Wildman–Crippen MR) is 95.7 cm³/mol. The van der Waals surface area contributed by atoms with E-state index in [1.807, 2.05) is 48.7 Å². The van der Waals surface area contributed by atoms with Crippen molar-refractivity contribution in [2.75, 3.05) is 11.6 Å². The zero-order chi connectivity index (χ0) is 17.2. The van der Waals surface area contributed by atoms with E-state index in [-0.39, 0.29) is 11.8 Å². The van der Waals surface area contributed by atoms with Crippen LogP contribution in [0.5, 0.6) is 0 Å². The molecule has 7 heteroatoms. The van der Waals surface area contributed by atoms with Gasteiger partial charge in [0.1, 0.15) is 5.58 Å². The van der Waals surface area contributed by atoms with Crippen LogP contribution in [0.2, 0.25) is 0 Å². The van der Waals surface area contributed by atoms with Crippen LogP contribution in [-0.2, 0) is 0 Å². The van der Waals surface area contributed by atoms with Gasteiger partial charge in [0.25, 0.3) is 5.91 Å². The SMILES string of the molecule is CSc1cccc(-c2nnc(NC(=O)c3cc4ccccc4o3)o2)c1. The van der Waals surface area contributed by atoms with E-state index in [0.717, 1.165) is 15.8 Å². The number of fused-ring (bicyclic) bond motifs is 1. The molecular formula is C18H13N3O3S. The molecule has 4 aromatic rings. The first kappa shape index (κ1) is 15.5. The normalized spacial score (nSPS) is 10.9. The van der Waals surface area contributed by atoms with Crippen LogP contribution in [0.15, 0.2) is 68.3 Å². The average molecular weight is 351 g/mol. The van der Waals surface area contributed by atoms with E-state index in [1.54, 1.807) is 23.9 Å². The maximum Gasteiger partial charge on any atom is 0.322 e. The number of furan rings is 1. The highest BCUT2D eigenvalue weighted by atomic mass is 32.2. The minimum absolute atomic E-state index is 0.0232. The Labute approximate surface area is 147 Å². The molecular weight excluding hydrogens is 338 g/mol. The molecule has 4 rings (SSSR count). The summed E-state index contributed by atoms with van der Waals surface area (Å²) in [6.45, 7) is 0. The third-order valence-electron chi connectivity index (χ3n) is 3.61. The summed E-state index contributed by atoms with van der Waals surface area (Å²) in [6.07, 6.45) is 1.99. The highest BCUT2D eigenvalue weighted by molar-refractivity contribution is 7.98. The number of carbonyl (C=O) groups is 1. The molecule has 0 bridgehead atoms. The smallest absolute Gasteiger partial charge is 0.322 e. The number of thioether (sulfide) groups is 1. The van der Waals surface area contributed by atoms with Crippen LogP contribution in [0, 0.1) is 0 Å². The Hall–Kier alpha value is -3.06. The number of para-hydroxylation sites is 1. The second kappa shape index (κ2) is 6.45. The molecule has 2 heterocycles. The second-order valence-corrected chi connectivity index (χ2v) is 6.13. The van der Waals surface area contributed by atoms with E-state index in [1.165, 1.54) is 0 Å². The highest BCUT2D eigenvalue weighted by Gasteiger charge is 2.16. The topological polar surface area (TPSA) is 81.2 Å². The Morgan fingerprint density at radius 2 is 1.92 bits per heavy atom. The monoisotopic (exact) mass is 351 g/mol. The van der Waals surface area contributed by atoms with Gasteiger partial charge >= 0.3 is 6.01 Å². The molecule has 2 aromatic carbocycles. The summed E-state index contributed by atoms with van der Waals surface area (Å²) >= 11 is 1.62. The third-order valence-corrected chi connectivity index (χ3v) is 4.34. The fraction of sp³-hybridized carbons (Fsp3) is 0.0556. The van der Waals surface area contributed by atoms with Crippen LogP contribution in [0.25, 0.3) is 22.4 Å². The van der Waals surface area contributed by atoms with E-state index in [4.69, 9.17) is 8.83 Å². The number of nitrogens with zero attached hydrogens (tertiary/aromatic N) is 2. The Bertz CT molecular complexity index is 1020. The van der Waals surface area contributed by atoms with Gasteiger partial charge in [0.2, 0.25) is 5.89 Å². The van der Waals surface area contributed by atoms with Crippen LogP contribution in [-0.4, -0.2) is 22.4 Å². The molecule has 0 unspecified atom stereocenters. The lowest BCUT2D eigenvalue weighted by Gasteiger charge is -1.98. The highest BCUT2D eigenvalue weighted by Crippen LogP contribution is 2.25.